The average Bonchev–Trinajstić information content (AvgIpc) is 2.75. The molecule has 2 N–H and O–H groups in total. The van der Waals surface area contributed by atoms with Crippen LogP contribution in [0.2, 0.25) is 0 Å². The fourth-order valence-corrected chi connectivity index (χ4v) is 1.49. The number of carbonyl (C=O) groups is 1. The Morgan fingerprint density at radius 3 is 2.83 bits per heavy atom. The number of rotatable bonds is 3. The highest BCUT2D eigenvalue weighted by atomic mass is 16.3. The van der Waals surface area contributed by atoms with Crippen LogP contribution >= 0.6 is 0 Å². The molecule has 0 aliphatic heterocycles. The van der Waals surface area contributed by atoms with Gasteiger partial charge in [0.2, 0.25) is 0 Å². The van der Waals surface area contributed by atoms with Crippen LogP contribution in [0.3, 0.4) is 0 Å². The van der Waals surface area contributed by atoms with E-state index in [-0.39, 0.29) is 17.2 Å². The number of aliphatic hydroxyl groups excluding tert-OH is 1. The summed E-state index contributed by atoms with van der Waals surface area (Å²) < 4.78 is 0. The molecule has 0 unspecified atom stereocenters. The third-order valence-corrected chi connectivity index (χ3v) is 2.35. The Balaban J connectivity index is 2.33. The first-order valence-electron chi connectivity index (χ1n) is 5.33. The van der Waals surface area contributed by atoms with E-state index in [9.17, 15) is 9.90 Å². The maximum atomic E-state index is 11.2. The van der Waals surface area contributed by atoms with Gasteiger partial charge in [0, 0.05) is 6.92 Å². The van der Waals surface area contributed by atoms with Gasteiger partial charge in [-0.15, -0.1) is 5.11 Å². The standard InChI is InChI=1S/C12H12N4O2/c1-7(17)12(8(2)18)16-15-9-3-4-10-11(5-9)14-6-13-10/h3-6,17H,1-2H3,(H,13,14)/b12-7+,16-15?. The van der Waals surface area contributed by atoms with Gasteiger partial charge < -0.3 is 10.1 Å². The Labute approximate surface area is 103 Å². The molecule has 0 saturated heterocycles. The van der Waals surface area contributed by atoms with Gasteiger partial charge in [-0.05, 0) is 25.1 Å². The Kier molecular flexibility index (Phi) is 3.18. The third-order valence-electron chi connectivity index (χ3n) is 2.35. The van der Waals surface area contributed by atoms with Crippen LogP contribution in [0.4, 0.5) is 5.69 Å². The Morgan fingerprint density at radius 2 is 2.17 bits per heavy atom. The van der Waals surface area contributed by atoms with Crippen LogP contribution in [0.15, 0.2) is 46.2 Å². The van der Waals surface area contributed by atoms with Crippen molar-refractivity contribution in [2.24, 2.45) is 10.2 Å². The van der Waals surface area contributed by atoms with Gasteiger partial charge in [0.1, 0.15) is 5.76 Å². The predicted molar refractivity (Wildman–Crippen MR) is 66.6 cm³/mol. The predicted octanol–water partition coefficient (Wildman–Crippen LogP) is 3.03. The molecular formula is C12H12N4O2. The molecule has 6 nitrogen and oxygen atoms in total. The zero-order valence-corrected chi connectivity index (χ0v) is 10.0. The van der Waals surface area contributed by atoms with Crippen LogP contribution in [0.25, 0.3) is 11.0 Å². The molecule has 0 fully saturated rings. The number of H-pyrrole nitrogens is 1. The number of carbonyl (C=O) groups excluding carboxylic acids is 1. The highest BCUT2D eigenvalue weighted by Crippen LogP contribution is 2.20. The van der Waals surface area contributed by atoms with Crippen LogP contribution in [0, 0.1) is 0 Å². The fraction of sp³-hybridized carbons (Fsp3) is 0.167. The lowest BCUT2D eigenvalue weighted by molar-refractivity contribution is -0.113. The summed E-state index contributed by atoms with van der Waals surface area (Å²) in [6, 6.07) is 5.29. The van der Waals surface area contributed by atoms with Crippen molar-refractivity contribution in [2.45, 2.75) is 13.8 Å². The Hall–Kier alpha value is -2.50. The SMILES string of the molecule is CC(=O)/C(N=Nc1ccc2nc[nH]c2c1)=C(/C)O. The summed E-state index contributed by atoms with van der Waals surface area (Å²) in [7, 11) is 0. The minimum absolute atomic E-state index is 0.0419. The fourth-order valence-electron chi connectivity index (χ4n) is 1.49. The summed E-state index contributed by atoms with van der Waals surface area (Å²) in [6.45, 7) is 2.72. The molecule has 2 rings (SSSR count). The molecule has 0 aliphatic carbocycles. The van der Waals surface area contributed by atoms with Gasteiger partial charge in [0.15, 0.2) is 11.5 Å². The van der Waals surface area contributed by atoms with Crippen molar-refractivity contribution >= 4 is 22.5 Å². The monoisotopic (exact) mass is 244 g/mol. The van der Waals surface area contributed by atoms with E-state index >= 15 is 0 Å². The van der Waals surface area contributed by atoms with Crippen molar-refractivity contribution in [3.8, 4) is 0 Å². The number of hydrogen-bond acceptors (Lipinski definition) is 5. The molecular weight excluding hydrogens is 232 g/mol. The van der Waals surface area contributed by atoms with Gasteiger partial charge in [-0.2, -0.15) is 5.11 Å². The van der Waals surface area contributed by atoms with E-state index in [2.05, 4.69) is 20.2 Å². The highest BCUT2D eigenvalue weighted by Gasteiger charge is 2.06. The number of benzene rings is 1. The summed E-state index contributed by atoms with van der Waals surface area (Å²) in [5.74, 6) is -0.477. The van der Waals surface area contributed by atoms with E-state index in [1.807, 2.05) is 0 Å². The van der Waals surface area contributed by atoms with Crippen molar-refractivity contribution in [2.75, 3.05) is 0 Å². The number of aliphatic hydroxyl groups is 1. The lowest BCUT2D eigenvalue weighted by Gasteiger charge is -1.97. The van der Waals surface area contributed by atoms with Crippen molar-refractivity contribution in [1.29, 1.82) is 0 Å². The maximum absolute atomic E-state index is 11.2. The smallest absolute Gasteiger partial charge is 0.183 e. The lowest BCUT2D eigenvalue weighted by Crippen LogP contribution is -1.96. The van der Waals surface area contributed by atoms with Gasteiger partial charge >= 0.3 is 0 Å². The van der Waals surface area contributed by atoms with Gasteiger partial charge in [0.05, 0.1) is 23.0 Å². The minimum atomic E-state index is -0.332. The van der Waals surface area contributed by atoms with Crippen LogP contribution in [0.5, 0.6) is 0 Å². The molecule has 0 amide bonds. The molecule has 2 aromatic rings. The molecule has 0 atom stereocenters. The molecule has 6 heteroatoms. The zero-order valence-electron chi connectivity index (χ0n) is 10.0. The van der Waals surface area contributed by atoms with Crippen molar-refractivity contribution in [3.63, 3.8) is 0 Å². The van der Waals surface area contributed by atoms with Crippen LogP contribution < -0.4 is 0 Å². The number of imidazole rings is 1. The molecule has 0 spiro atoms. The highest BCUT2D eigenvalue weighted by molar-refractivity contribution is 5.93. The molecule has 1 heterocycles. The number of ketones is 1. The molecule has 0 radical (unpaired) electrons. The molecule has 18 heavy (non-hydrogen) atoms. The van der Waals surface area contributed by atoms with Crippen LogP contribution in [-0.2, 0) is 4.79 Å². The molecule has 1 aromatic heterocycles. The topological polar surface area (TPSA) is 90.7 Å². The van der Waals surface area contributed by atoms with Gasteiger partial charge in [0.25, 0.3) is 0 Å². The molecule has 0 bridgehead atoms. The number of hydrogen-bond donors (Lipinski definition) is 2. The summed E-state index contributed by atoms with van der Waals surface area (Å²) in [5, 5.41) is 17.0. The van der Waals surface area contributed by atoms with Crippen molar-refractivity contribution in [3.05, 3.63) is 36.0 Å². The number of nitrogens with one attached hydrogen (secondary N) is 1. The number of aromatic nitrogens is 2. The van der Waals surface area contributed by atoms with E-state index in [4.69, 9.17) is 0 Å². The second kappa shape index (κ2) is 4.79. The van der Waals surface area contributed by atoms with Gasteiger partial charge in [-0.25, -0.2) is 4.98 Å². The first-order chi connectivity index (χ1) is 8.58. The number of fused-ring (bicyclic) bond motifs is 1. The molecule has 0 saturated carbocycles. The molecule has 92 valence electrons. The van der Waals surface area contributed by atoms with Gasteiger partial charge in [-0.1, -0.05) is 0 Å². The lowest BCUT2D eigenvalue weighted by atomic mass is 10.3. The van der Waals surface area contributed by atoms with E-state index in [0.717, 1.165) is 11.0 Å². The summed E-state index contributed by atoms with van der Waals surface area (Å²) in [4.78, 5) is 18.2. The zero-order chi connectivity index (χ0) is 13.1. The number of aromatic amines is 1. The summed E-state index contributed by atoms with van der Waals surface area (Å²) >= 11 is 0. The van der Waals surface area contributed by atoms with Gasteiger partial charge in [-0.3, -0.25) is 4.79 Å². The minimum Gasteiger partial charge on any atom is -0.510 e. The number of azo groups is 1. The normalized spacial score (nSPS) is 13.0. The van der Waals surface area contributed by atoms with E-state index < -0.39 is 0 Å². The Morgan fingerprint density at radius 1 is 1.39 bits per heavy atom. The average molecular weight is 244 g/mol. The van der Waals surface area contributed by atoms with Crippen LogP contribution in [-0.4, -0.2) is 20.9 Å². The number of nitrogens with zero attached hydrogens (tertiary/aromatic N) is 3. The first-order valence-corrected chi connectivity index (χ1v) is 5.33. The first kappa shape index (κ1) is 12.0. The third kappa shape index (κ3) is 2.42. The van der Waals surface area contributed by atoms with Crippen molar-refractivity contribution < 1.29 is 9.90 Å². The second-order valence-corrected chi connectivity index (χ2v) is 3.79. The summed E-state index contributed by atoms with van der Waals surface area (Å²) in [5.41, 5.74) is 2.20. The second-order valence-electron chi connectivity index (χ2n) is 3.79. The largest absolute Gasteiger partial charge is 0.510 e. The maximum Gasteiger partial charge on any atom is 0.183 e. The molecule has 0 aliphatic rings. The molecule has 1 aromatic carbocycles. The van der Waals surface area contributed by atoms with Crippen LogP contribution in [0.1, 0.15) is 13.8 Å². The van der Waals surface area contributed by atoms with E-state index in [1.165, 1.54) is 13.8 Å². The van der Waals surface area contributed by atoms with E-state index in [0.29, 0.717) is 5.69 Å². The quantitative estimate of drug-likeness (QED) is 0.494. The van der Waals surface area contributed by atoms with E-state index in [1.54, 1.807) is 24.5 Å². The van der Waals surface area contributed by atoms with Crippen molar-refractivity contribution in [1.82, 2.24) is 9.97 Å². The number of Topliss-reactive ketones (excluding diaryl/α,β-unsaturated/α-hetero) is 1. The number of allylic oxidation sites excluding steroid dienone is 2. The summed E-state index contributed by atoms with van der Waals surface area (Å²) in [6.07, 6.45) is 1.59. The Bertz CT molecular complexity index is 651.